The maximum Gasteiger partial charge on any atom is 0.267 e. The molecule has 5 nitrogen and oxygen atoms in total. The average Bonchev–Trinajstić information content (AvgIpc) is 3.31. The molecule has 1 heterocycles. The number of hydrogen-bond donors (Lipinski definition) is 2. The molecule has 1 aromatic heterocycles. The van der Waals surface area contributed by atoms with Crippen molar-refractivity contribution in [3.05, 3.63) is 59.0 Å². The highest BCUT2D eigenvalue weighted by Gasteiger charge is 2.27. The van der Waals surface area contributed by atoms with Gasteiger partial charge in [-0.2, -0.15) is 5.10 Å². The van der Waals surface area contributed by atoms with Crippen LogP contribution in [0.5, 0.6) is 0 Å². The van der Waals surface area contributed by atoms with Gasteiger partial charge >= 0.3 is 0 Å². The first-order chi connectivity index (χ1) is 11.5. The van der Waals surface area contributed by atoms with Gasteiger partial charge in [0.15, 0.2) is 0 Å². The Morgan fingerprint density at radius 2 is 1.96 bits per heavy atom. The van der Waals surface area contributed by atoms with Crippen molar-refractivity contribution in [2.24, 2.45) is 5.73 Å². The van der Waals surface area contributed by atoms with Gasteiger partial charge in [-0.1, -0.05) is 12.1 Å². The van der Waals surface area contributed by atoms with Crippen LogP contribution >= 0.6 is 0 Å². The quantitative estimate of drug-likeness (QED) is 0.723. The van der Waals surface area contributed by atoms with Gasteiger partial charge in [0.1, 0.15) is 11.5 Å². The topological polar surface area (TPSA) is 86.9 Å². The normalized spacial score (nSPS) is 14.2. The Bertz CT molecular complexity index is 942. The van der Waals surface area contributed by atoms with Crippen LogP contribution in [0.4, 0.5) is 10.1 Å². The Morgan fingerprint density at radius 3 is 2.58 bits per heavy atom. The Balaban J connectivity index is 1.83. The summed E-state index contributed by atoms with van der Waals surface area (Å²) in [6.45, 7) is 0.339. The Morgan fingerprint density at radius 1 is 1.25 bits per heavy atom. The largest absolute Gasteiger partial charge is 0.398 e. The number of benzene rings is 2. The van der Waals surface area contributed by atoms with Crippen LogP contribution < -0.4 is 11.5 Å². The summed E-state index contributed by atoms with van der Waals surface area (Å²) >= 11 is 0. The first-order valence-electron chi connectivity index (χ1n) is 7.87. The predicted molar refractivity (Wildman–Crippen MR) is 90.1 cm³/mol. The standard InChI is InChI=1S/C18H17FN4O/c19-12-5-1-10(2-6-12)9-23-17(18(21)24)14-7-13(11-3-4-11)15(20)8-16(14)22-23/h1-2,5-8,11H,3-4,9,20H2,(H2,21,24). The fourth-order valence-electron chi connectivity index (χ4n) is 3.10. The summed E-state index contributed by atoms with van der Waals surface area (Å²) in [4.78, 5) is 12.0. The van der Waals surface area contributed by atoms with E-state index in [9.17, 15) is 9.18 Å². The minimum absolute atomic E-state index is 0.304. The molecule has 0 radical (unpaired) electrons. The summed E-state index contributed by atoms with van der Waals surface area (Å²) < 4.78 is 14.6. The van der Waals surface area contributed by atoms with E-state index >= 15 is 0 Å². The van der Waals surface area contributed by atoms with Gasteiger partial charge in [-0.25, -0.2) is 4.39 Å². The van der Waals surface area contributed by atoms with Gasteiger partial charge in [0.05, 0.1) is 12.1 Å². The van der Waals surface area contributed by atoms with Crippen molar-refractivity contribution < 1.29 is 9.18 Å². The first-order valence-corrected chi connectivity index (χ1v) is 7.87. The fourth-order valence-corrected chi connectivity index (χ4v) is 3.10. The zero-order valence-corrected chi connectivity index (χ0v) is 13.0. The van der Waals surface area contributed by atoms with Gasteiger partial charge < -0.3 is 11.5 Å². The molecule has 1 amide bonds. The number of fused-ring (bicyclic) bond motifs is 1. The van der Waals surface area contributed by atoms with Gasteiger partial charge in [0.2, 0.25) is 0 Å². The number of halogens is 1. The Hall–Kier alpha value is -2.89. The van der Waals surface area contributed by atoms with Crippen LogP contribution in [-0.2, 0) is 6.54 Å². The zero-order valence-electron chi connectivity index (χ0n) is 13.0. The molecule has 1 aliphatic carbocycles. The number of amides is 1. The number of carbonyl (C=O) groups is 1. The third kappa shape index (κ3) is 2.50. The first kappa shape index (κ1) is 14.7. The molecule has 1 saturated carbocycles. The molecule has 0 atom stereocenters. The second-order valence-electron chi connectivity index (χ2n) is 6.27. The zero-order chi connectivity index (χ0) is 16.8. The minimum Gasteiger partial charge on any atom is -0.398 e. The van der Waals surface area contributed by atoms with Crippen molar-refractivity contribution in [3.8, 4) is 0 Å². The molecule has 24 heavy (non-hydrogen) atoms. The molecule has 4 N–H and O–H groups in total. The highest BCUT2D eigenvalue weighted by molar-refractivity contribution is 6.05. The van der Waals surface area contributed by atoms with E-state index in [-0.39, 0.29) is 5.82 Å². The summed E-state index contributed by atoms with van der Waals surface area (Å²) in [6.07, 6.45) is 2.23. The van der Waals surface area contributed by atoms with E-state index in [0.29, 0.717) is 29.4 Å². The molecule has 3 aromatic rings. The predicted octanol–water partition coefficient (Wildman–Crippen LogP) is 2.78. The van der Waals surface area contributed by atoms with Crippen LogP contribution in [-0.4, -0.2) is 15.7 Å². The molecule has 1 fully saturated rings. The van der Waals surface area contributed by atoms with Gasteiger partial charge in [0.25, 0.3) is 5.91 Å². The summed E-state index contributed by atoms with van der Waals surface area (Å²) in [5.41, 5.74) is 15.3. The monoisotopic (exact) mass is 324 g/mol. The maximum atomic E-state index is 13.1. The van der Waals surface area contributed by atoms with Crippen LogP contribution in [0.3, 0.4) is 0 Å². The molecule has 0 aliphatic heterocycles. The molecule has 0 spiro atoms. The van der Waals surface area contributed by atoms with E-state index in [4.69, 9.17) is 11.5 Å². The molecule has 1 aliphatic rings. The second-order valence-corrected chi connectivity index (χ2v) is 6.27. The lowest BCUT2D eigenvalue weighted by Crippen LogP contribution is -2.18. The summed E-state index contributed by atoms with van der Waals surface area (Å²) in [6, 6.07) is 9.83. The molecular weight excluding hydrogens is 307 g/mol. The van der Waals surface area contributed by atoms with Crippen LogP contribution in [0.2, 0.25) is 0 Å². The molecule has 0 unspecified atom stereocenters. The molecule has 0 bridgehead atoms. The lowest BCUT2D eigenvalue weighted by molar-refractivity contribution is 0.0992. The lowest BCUT2D eigenvalue weighted by atomic mass is 10.0. The molecule has 122 valence electrons. The van der Waals surface area contributed by atoms with E-state index in [2.05, 4.69) is 5.10 Å². The van der Waals surface area contributed by atoms with Crippen molar-refractivity contribution in [2.45, 2.75) is 25.3 Å². The third-order valence-corrected chi connectivity index (χ3v) is 4.44. The third-order valence-electron chi connectivity index (χ3n) is 4.44. The maximum absolute atomic E-state index is 13.1. The van der Waals surface area contributed by atoms with Gasteiger partial charge in [-0.15, -0.1) is 0 Å². The van der Waals surface area contributed by atoms with Gasteiger partial charge in [-0.05, 0) is 54.2 Å². The van der Waals surface area contributed by atoms with Gasteiger partial charge in [-0.3, -0.25) is 9.48 Å². The average molecular weight is 324 g/mol. The number of hydrogen-bond acceptors (Lipinski definition) is 3. The number of primary amides is 1. The fraction of sp³-hybridized carbons (Fsp3) is 0.222. The van der Waals surface area contributed by atoms with E-state index in [0.717, 1.165) is 29.4 Å². The summed E-state index contributed by atoms with van der Waals surface area (Å²) in [5.74, 6) is -0.372. The Labute approximate surface area is 138 Å². The van der Waals surface area contributed by atoms with Crippen LogP contribution in [0.1, 0.15) is 40.4 Å². The number of anilines is 1. The van der Waals surface area contributed by atoms with Crippen molar-refractivity contribution in [3.63, 3.8) is 0 Å². The minimum atomic E-state index is -0.536. The molecule has 4 rings (SSSR count). The van der Waals surface area contributed by atoms with Gasteiger partial charge in [0, 0.05) is 11.1 Å². The highest BCUT2D eigenvalue weighted by atomic mass is 19.1. The summed E-state index contributed by atoms with van der Waals surface area (Å²) in [5, 5.41) is 5.20. The summed E-state index contributed by atoms with van der Waals surface area (Å²) in [7, 11) is 0. The van der Waals surface area contributed by atoms with E-state index in [1.54, 1.807) is 22.9 Å². The number of nitrogen functional groups attached to an aromatic ring is 1. The van der Waals surface area contributed by atoms with Crippen LogP contribution in [0.15, 0.2) is 36.4 Å². The lowest BCUT2D eigenvalue weighted by Gasteiger charge is -2.06. The van der Waals surface area contributed by atoms with Crippen molar-refractivity contribution in [1.29, 1.82) is 0 Å². The number of nitrogens with zero attached hydrogens (tertiary/aromatic N) is 2. The van der Waals surface area contributed by atoms with Crippen LogP contribution in [0.25, 0.3) is 10.9 Å². The number of rotatable bonds is 4. The smallest absolute Gasteiger partial charge is 0.267 e. The second kappa shape index (κ2) is 5.33. The molecule has 6 heteroatoms. The number of carbonyl (C=O) groups excluding carboxylic acids is 1. The molecule has 0 saturated heterocycles. The number of aromatic nitrogens is 2. The van der Waals surface area contributed by atoms with E-state index in [1.165, 1.54) is 12.1 Å². The van der Waals surface area contributed by atoms with Crippen LogP contribution in [0, 0.1) is 5.82 Å². The van der Waals surface area contributed by atoms with Crippen molar-refractivity contribution >= 4 is 22.5 Å². The SMILES string of the molecule is NC(=O)c1c2cc(C3CC3)c(N)cc2nn1Cc1ccc(F)cc1. The molecular formula is C18H17FN4O. The molecule has 2 aromatic carbocycles. The van der Waals surface area contributed by atoms with E-state index in [1.807, 2.05) is 6.07 Å². The van der Waals surface area contributed by atoms with Crippen molar-refractivity contribution in [2.75, 3.05) is 5.73 Å². The Kier molecular flexibility index (Phi) is 3.26. The highest BCUT2D eigenvalue weighted by Crippen LogP contribution is 2.44. The van der Waals surface area contributed by atoms with Crippen molar-refractivity contribution in [1.82, 2.24) is 9.78 Å². The van der Waals surface area contributed by atoms with E-state index < -0.39 is 5.91 Å². The number of nitrogens with two attached hydrogens (primary N) is 2.